The quantitative estimate of drug-likeness (QED) is 0.564. The van der Waals surface area contributed by atoms with Gasteiger partial charge in [0.2, 0.25) is 5.91 Å². The summed E-state index contributed by atoms with van der Waals surface area (Å²) < 4.78 is 0. The number of benzene rings is 2. The van der Waals surface area contributed by atoms with E-state index < -0.39 is 0 Å². The van der Waals surface area contributed by atoms with Crippen LogP contribution in [-0.2, 0) is 11.3 Å². The fourth-order valence-corrected chi connectivity index (χ4v) is 3.19. The van der Waals surface area contributed by atoms with Gasteiger partial charge < -0.3 is 5.32 Å². The van der Waals surface area contributed by atoms with Gasteiger partial charge in [0, 0.05) is 25.1 Å². The number of rotatable bonds is 5. The zero-order valence-corrected chi connectivity index (χ0v) is 15.9. The highest BCUT2D eigenvalue weighted by Crippen LogP contribution is 2.26. The van der Waals surface area contributed by atoms with Crippen LogP contribution in [0.5, 0.6) is 0 Å². The molecular formula is C19H16Cl2N4O2. The summed E-state index contributed by atoms with van der Waals surface area (Å²) in [6.45, 7) is 1.66. The summed E-state index contributed by atoms with van der Waals surface area (Å²) in [5.41, 5.74) is 7.87. The summed E-state index contributed by atoms with van der Waals surface area (Å²) in [5.74, 6) is -0.574. The third-order valence-corrected chi connectivity index (χ3v) is 4.49. The van der Waals surface area contributed by atoms with Crippen molar-refractivity contribution in [3.8, 4) is 0 Å². The van der Waals surface area contributed by atoms with Crippen molar-refractivity contribution in [3.05, 3.63) is 69.8 Å². The second-order valence-corrected chi connectivity index (χ2v) is 6.57. The van der Waals surface area contributed by atoms with E-state index >= 15 is 0 Å². The minimum absolute atomic E-state index is 0.208. The standard InChI is InChI=1S/C19H16Cl2N4O2/c1-11(26)24-25-16-8-9-22-18-12(4-2-5-13(16)18)10-23-19(27)17-14(20)6-3-7-15(17)21/h2-9H,10H2,1H3,(H,22,25)(H,23,27)(H,24,26). The Morgan fingerprint density at radius 2 is 1.74 bits per heavy atom. The Morgan fingerprint density at radius 1 is 1.04 bits per heavy atom. The van der Waals surface area contributed by atoms with Crippen molar-refractivity contribution in [2.24, 2.45) is 0 Å². The van der Waals surface area contributed by atoms with Gasteiger partial charge in [-0.15, -0.1) is 0 Å². The Bertz CT molecular complexity index is 1000. The molecule has 138 valence electrons. The molecule has 0 saturated heterocycles. The van der Waals surface area contributed by atoms with Gasteiger partial charge in [0.1, 0.15) is 0 Å². The number of hydrazine groups is 1. The van der Waals surface area contributed by atoms with Crippen molar-refractivity contribution in [2.75, 3.05) is 5.43 Å². The van der Waals surface area contributed by atoms with E-state index in [0.717, 1.165) is 10.9 Å². The van der Waals surface area contributed by atoms with Gasteiger partial charge in [-0.25, -0.2) is 0 Å². The van der Waals surface area contributed by atoms with Crippen molar-refractivity contribution in [1.82, 2.24) is 15.7 Å². The average molecular weight is 403 g/mol. The van der Waals surface area contributed by atoms with Crippen LogP contribution in [0.3, 0.4) is 0 Å². The highest BCUT2D eigenvalue weighted by Gasteiger charge is 2.15. The van der Waals surface area contributed by atoms with Gasteiger partial charge in [-0.1, -0.05) is 47.5 Å². The molecule has 0 atom stereocenters. The Balaban J connectivity index is 1.84. The van der Waals surface area contributed by atoms with Crippen molar-refractivity contribution in [3.63, 3.8) is 0 Å². The number of amides is 2. The molecule has 0 aliphatic carbocycles. The Labute approximate surface area is 165 Å². The number of halogens is 2. The number of carbonyl (C=O) groups is 2. The number of carbonyl (C=O) groups excluding carboxylic acids is 2. The largest absolute Gasteiger partial charge is 0.348 e. The van der Waals surface area contributed by atoms with Gasteiger partial charge in [0.25, 0.3) is 5.91 Å². The van der Waals surface area contributed by atoms with Crippen LogP contribution in [-0.4, -0.2) is 16.8 Å². The Kier molecular flexibility index (Phi) is 5.78. The predicted molar refractivity (Wildman–Crippen MR) is 107 cm³/mol. The lowest BCUT2D eigenvalue weighted by atomic mass is 10.1. The normalized spacial score (nSPS) is 10.5. The molecule has 0 bridgehead atoms. The van der Waals surface area contributed by atoms with Gasteiger partial charge in [0.15, 0.2) is 0 Å². The number of fused-ring (bicyclic) bond motifs is 1. The van der Waals surface area contributed by atoms with E-state index in [9.17, 15) is 9.59 Å². The molecule has 0 radical (unpaired) electrons. The molecule has 0 spiro atoms. The molecule has 0 fully saturated rings. The molecule has 0 unspecified atom stereocenters. The van der Waals surface area contributed by atoms with Crippen molar-refractivity contribution in [1.29, 1.82) is 0 Å². The van der Waals surface area contributed by atoms with E-state index in [4.69, 9.17) is 23.2 Å². The second kappa shape index (κ2) is 8.24. The molecular weight excluding hydrogens is 387 g/mol. The molecule has 2 aromatic carbocycles. The van der Waals surface area contributed by atoms with Crippen molar-refractivity contribution in [2.45, 2.75) is 13.5 Å². The number of hydrogen-bond acceptors (Lipinski definition) is 4. The van der Waals surface area contributed by atoms with Crippen LogP contribution in [0.15, 0.2) is 48.7 Å². The molecule has 0 aliphatic heterocycles. The Morgan fingerprint density at radius 3 is 2.44 bits per heavy atom. The number of pyridine rings is 1. The molecule has 8 heteroatoms. The van der Waals surface area contributed by atoms with Gasteiger partial charge >= 0.3 is 0 Å². The number of nitrogens with zero attached hydrogens (tertiary/aromatic N) is 1. The molecule has 1 aromatic heterocycles. The highest BCUT2D eigenvalue weighted by atomic mass is 35.5. The second-order valence-electron chi connectivity index (χ2n) is 5.76. The number of para-hydroxylation sites is 1. The van der Waals surface area contributed by atoms with E-state index in [2.05, 4.69) is 21.2 Å². The lowest BCUT2D eigenvalue weighted by Gasteiger charge is -2.13. The first-order valence-electron chi connectivity index (χ1n) is 8.09. The maximum absolute atomic E-state index is 12.5. The van der Waals surface area contributed by atoms with Gasteiger partial charge in [-0.2, -0.15) is 0 Å². The van der Waals surface area contributed by atoms with Crippen LogP contribution in [0, 0.1) is 0 Å². The molecule has 27 heavy (non-hydrogen) atoms. The highest BCUT2D eigenvalue weighted by molar-refractivity contribution is 6.39. The van der Waals surface area contributed by atoms with Crippen LogP contribution in [0.1, 0.15) is 22.8 Å². The van der Waals surface area contributed by atoms with Crippen molar-refractivity contribution >= 4 is 51.6 Å². The monoisotopic (exact) mass is 402 g/mol. The van der Waals surface area contributed by atoms with Crippen LogP contribution in [0.4, 0.5) is 5.69 Å². The number of hydrogen-bond donors (Lipinski definition) is 3. The Hall–Kier alpha value is -2.83. The van der Waals surface area contributed by atoms with Crippen molar-refractivity contribution < 1.29 is 9.59 Å². The van der Waals surface area contributed by atoms with E-state index in [-0.39, 0.29) is 34.0 Å². The summed E-state index contributed by atoms with van der Waals surface area (Å²) in [6.07, 6.45) is 1.63. The van der Waals surface area contributed by atoms with Gasteiger partial charge in [-0.3, -0.25) is 25.4 Å². The predicted octanol–water partition coefficient (Wildman–Crippen LogP) is 3.93. The first-order valence-corrected chi connectivity index (χ1v) is 8.84. The SMILES string of the molecule is CC(=O)NNc1ccnc2c(CNC(=O)c3c(Cl)cccc3Cl)cccc12. The summed E-state index contributed by atoms with van der Waals surface area (Å²) in [4.78, 5) is 28.0. The number of aromatic nitrogens is 1. The van der Waals surface area contributed by atoms with E-state index in [1.807, 2.05) is 18.2 Å². The lowest BCUT2D eigenvalue weighted by molar-refractivity contribution is -0.118. The minimum atomic E-state index is -0.366. The van der Waals surface area contributed by atoms with Crippen LogP contribution >= 0.6 is 23.2 Å². The van der Waals surface area contributed by atoms with E-state index in [1.165, 1.54) is 6.92 Å². The molecule has 0 saturated carbocycles. The maximum atomic E-state index is 12.5. The summed E-state index contributed by atoms with van der Waals surface area (Å²) >= 11 is 12.2. The number of anilines is 1. The molecule has 3 N–H and O–H groups in total. The zero-order chi connectivity index (χ0) is 19.4. The van der Waals surface area contributed by atoms with Crippen LogP contribution in [0.2, 0.25) is 10.0 Å². The molecule has 2 amide bonds. The fraction of sp³-hybridized carbons (Fsp3) is 0.105. The smallest absolute Gasteiger partial charge is 0.254 e. The minimum Gasteiger partial charge on any atom is -0.348 e. The summed E-state index contributed by atoms with van der Waals surface area (Å²) in [6, 6.07) is 12.3. The van der Waals surface area contributed by atoms with E-state index in [0.29, 0.717) is 11.2 Å². The molecule has 1 heterocycles. The first-order chi connectivity index (χ1) is 13.0. The molecule has 3 rings (SSSR count). The van der Waals surface area contributed by atoms with E-state index in [1.54, 1.807) is 30.5 Å². The van der Waals surface area contributed by atoms with Gasteiger partial charge in [-0.05, 0) is 23.8 Å². The van der Waals surface area contributed by atoms with Gasteiger partial charge in [0.05, 0.1) is 26.8 Å². The molecule has 0 aliphatic rings. The lowest BCUT2D eigenvalue weighted by Crippen LogP contribution is -2.26. The van der Waals surface area contributed by atoms with Crippen LogP contribution in [0.25, 0.3) is 10.9 Å². The first kappa shape index (κ1) is 18.9. The van der Waals surface area contributed by atoms with Crippen LogP contribution < -0.4 is 16.2 Å². The fourth-order valence-electron chi connectivity index (χ4n) is 2.62. The summed E-state index contributed by atoms with van der Waals surface area (Å²) in [7, 11) is 0. The summed E-state index contributed by atoms with van der Waals surface area (Å²) in [5, 5.41) is 4.21. The zero-order valence-electron chi connectivity index (χ0n) is 14.3. The third-order valence-electron chi connectivity index (χ3n) is 3.86. The topological polar surface area (TPSA) is 83.1 Å². The molecule has 6 nitrogen and oxygen atoms in total. The third kappa shape index (κ3) is 4.30. The molecule has 3 aromatic rings. The number of nitrogens with one attached hydrogen (secondary N) is 3. The average Bonchev–Trinajstić information content (AvgIpc) is 2.64. The maximum Gasteiger partial charge on any atom is 0.254 e.